The van der Waals surface area contributed by atoms with Crippen LogP contribution in [-0.4, -0.2) is 13.1 Å². The van der Waals surface area contributed by atoms with Crippen molar-refractivity contribution in [1.29, 1.82) is 0 Å². The Morgan fingerprint density at radius 1 is 1.00 bits per heavy atom. The average Bonchev–Trinajstić information content (AvgIpc) is 1.76. The zero-order chi connectivity index (χ0) is 3.54. The average molecular weight is 73.1 g/mol. The van der Waals surface area contributed by atoms with Crippen molar-refractivity contribution < 1.29 is 0 Å². The summed E-state index contributed by atoms with van der Waals surface area (Å²) in [5.74, 6) is 0. The summed E-state index contributed by atoms with van der Waals surface area (Å²) in [5, 5.41) is 0. The van der Waals surface area contributed by atoms with Crippen LogP contribution in [0.4, 0.5) is 0 Å². The molecule has 0 saturated carbocycles. The lowest BCUT2D eigenvalue weighted by atomic mass is 10.7. The van der Waals surface area contributed by atoms with Crippen molar-refractivity contribution in [3.8, 4) is 0 Å². The van der Waals surface area contributed by atoms with Crippen LogP contribution in [0.15, 0.2) is 0 Å². The van der Waals surface area contributed by atoms with Gasteiger partial charge >= 0.3 is 0 Å². The van der Waals surface area contributed by atoms with Crippen molar-refractivity contribution in [1.82, 2.24) is 16.4 Å². The number of hydrogen-bond donors (Lipinski definition) is 3. The fourth-order valence-corrected chi connectivity index (χ4v) is 0.312. The van der Waals surface area contributed by atoms with Gasteiger partial charge in [0, 0.05) is 13.1 Å². The second-order valence-corrected chi connectivity index (χ2v) is 0.979. The normalized spacial score (nSPS) is 24.0. The first-order valence-corrected chi connectivity index (χ1v) is 1.71. The molecule has 30 valence electrons. The molecule has 0 bridgehead atoms. The first-order valence-electron chi connectivity index (χ1n) is 1.71. The highest BCUT2D eigenvalue weighted by Crippen LogP contribution is 1.54. The van der Waals surface area contributed by atoms with Crippen molar-refractivity contribution >= 4 is 0 Å². The minimum Gasteiger partial charge on any atom is -0.243 e. The Morgan fingerprint density at radius 3 is 1.80 bits per heavy atom. The summed E-state index contributed by atoms with van der Waals surface area (Å²) in [4.78, 5) is 0. The largest absolute Gasteiger partial charge is 0.243 e. The van der Waals surface area contributed by atoms with Crippen LogP contribution in [0.1, 0.15) is 0 Å². The molecule has 0 radical (unpaired) electrons. The highest BCUT2D eigenvalue weighted by Gasteiger charge is 1.89. The van der Waals surface area contributed by atoms with Gasteiger partial charge in [-0.25, -0.2) is 10.9 Å². The highest BCUT2D eigenvalue weighted by molar-refractivity contribution is 4.46. The van der Waals surface area contributed by atoms with Crippen LogP contribution in [0.5, 0.6) is 0 Å². The minimum atomic E-state index is 1.03. The number of hydrazine groups is 2. The predicted octanol–water partition coefficient (Wildman–Crippen LogP) is -1.40. The maximum atomic E-state index is 2.86. The number of hydrogen-bond acceptors (Lipinski definition) is 3. The van der Waals surface area contributed by atoms with Crippen molar-refractivity contribution in [2.45, 2.75) is 0 Å². The summed E-state index contributed by atoms with van der Waals surface area (Å²) in [7, 11) is 0. The molecular weight excluding hydrogens is 66.0 g/mol. The third-order valence-electron chi connectivity index (χ3n) is 0.552. The van der Waals surface area contributed by atoms with Gasteiger partial charge in [-0.2, -0.15) is 5.53 Å². The summed E-state index contributed by atoms with van der Waals surface area (Å²) in [6.45, 7) is 2.06. The Morgan fingerprint density at radius 2 is 1.60 bits per heavy atom. The maximum absolute atomic E-state index is 2.86. The molecule has 1 fully saturated rings. The van der Waals surface area contributed by atoms with E-state index in [1.807, 2.05) is 0 Å². The summed E-state index contributed by atoms with van der Waals surface area (Å²) in [6.07, 6.45) is 0. The topological polar surface area (TPSA) is 36.1 Å². The van der Waals surface area contributed by atoms with E-state index in [1.165, 1.54) is 0 Å². The van der Waals surface area contributed by atoms with Gasteiger partial charge in [0.25, 0.3) is 0 Å². The van der Waals surface area contributed by atoms with Gasteiger partial charge in [0.05, 0.1) is 0 Å². The van der Waals surface area contributed by atoms with Crippen LogP contribution >= 0.6 is 0 Å². The van der Waals surface area contributed by atoms with E-state index in [0.29, 0.717) is 0 Å². The molecule has 0 spiro atoms. The van der Waals surface area contributed by atoms with E-state index < -0.39 is 0 Å². The summed E-state index contributed by atoms with van der Waals surface area (Å²) >= 11 is 0. The van der Waals surface area contributed by atoms with Crippen LogP contribution in [0, 0.1) is 0 Å². The molecule has 1 rings (SSSR count). The van der Waals surface area contributed by atoms with E-state index in [0.717, 1.165) is 13.1 Å². The van der Waals surface area contributed by atoms with Gasteiger partial charge in [0.1, 0.15) is 0 Å². The first-order chi connectivity index (χ1) is 2.50. The summed E-state index contributed by atoms with van der Waals surface area (Å²) in [5.41, 5.74) is 8.44. The molecule has 1 aliphatic heterocycles. The van der Waals surface area contributed by atoms with E-state index in [4.69, 9.17) is 0 Å². The Hall–Kier alpha value is -0.120. The molecule has 3 heteroatoms. The van der Waals surface area contributed by atoms with E-state index >= 15 is 0 Å². The number of nitrogens with one attached hydrogen (secondary N) is 3. The van der Waals surface area contributed by atoms with E-state index in [1.54, 1.807) is 0 Å². The van der Waals surface area contributed by atoms with Crippen molar-refractivity contribution in [2.75, 3.05) is 13.1 Å². The molecule has 3 N–H and O–H groups in total. The second kappa shape index (κ2) is 1.35. The maximum Gasteiger partial charge on any atom is 0.0253 e. The molecule has 0 aromatic rings. The van der Waals surface area contributed by atoms with Crippen molar-refractivity contribution in [3.05, 3.63) is 0 Å². The van der Waals surface area contributed by atoms with E-state index in [-0.39, 0.29) is 0 Å². The molecule has 1 saturated heterocycles. The Bertz CT molecular complexity index is 16.5. The van der Waals surface area contributed by atoms with E-state index in [2.05, 4.69) is 16.4 Å². The monoisotopic (exact) mass is 73.1 g/mol. The zero-order valence-electron chi connectivity index (χ0n) is 2.91. The van der Waals surface area contributed by atoms with Crippen molar-refractivity contribution in [3.63, 3.8) is 0 Å². The fourth-order valence-electron chi connectivity index (χ4n) is 0.312. The van der Waals surface area contributed by atoms with Crippen LogP contribution in [0.2, 0.25) is 0 Å². The van der Waals surface area contributed by atoms with Crippen LogP contribution in [-0.2, 0) is 0 Å². The molecule has 0 unspecified atom stereocenters. The van der Waals surface area contributed by atoms with Gasteiger partial charge in [-0.05, 0) is 0 Å². The van der Waals surface area contributed by atoms with Gasteiger partial charge < -0.3 is 0 Å². The smallest absolute Gasteiger partial charge is 0.0253 e. The quantitative estimate of drug-likeness (QED) is 0.330. The van der Waals surface area contributed by atoms with Gasteiger partial charge in [0.15, 0.2) is 0 Å². The third kappa shape index (κ3) is 0.576. The standard InChI is InChI=1S/C2H7N3/c1-2-4-5-3-1/h3-5H,1-2H2. The molecule has 3 nitrogen and oxygen atoms in total. The molecule has 0 aliphatic carbocycles. The molecule has 1 heterocycles. The lowest BCUT2D eigenvalue weighted by molar-refractivity contribution is 0.592. The molecule has 0 amide bonds. The van der Waals surface area contributed by atoms with Crippen LogP contribution < -0.4 is 16.4 Å². The summed E-state index contributed by atoms with van der Waals surface area (Å²) in [6, 6.07) is 0. The van der Waals surface area contributed by atoms with Gasteiger partial charge in [-0.3, -0.25) is 0 Å². The third-order valence-corrected chi connectivity index (χ3v) is 0.552. The van der Waals surface area contributed by atoms with E-state index in [9.17, 15) is 0 Å². The Balaban J connectivity index is 2.08. The molecule has 0 atom stereocenters. The molecule has 5 heavy (non-hydrogen) atoms. The minimum absolute atomic E-state index is 1.03. The molecular formula is C2H7N3. The fraction of sp³-hybridized carbons (Fsp3) is 1.00. The first kappa shape index (κ1) is 3.08. The molecule has 1 aliphatic rings. The lowest BCUT2D eigenvalue weighted by Crippen LogP contribution is -2.29. The predicted molar refractivity (Wildman–Crippen MR) is 19.1 cm³/mol. The SMILES string of the molecule is C1CNNN1. The zero-order valence-corrected chi connectivity index (χ0v) is 2.91. The Labute approximate surface area is 30.7 Å². The van der Waals surface area contributed by atoms with Gasteiger partial charge in [0.2, 0.25) is 0 Å². The van der Waals surface area contributed by atoms with Crippen LogP contribution in [0.25, 0.3) is 0 Å². The molecule has 0 aromatic carbocycles. The van der Waals surface area contributed by atoms with Gasteiger partial charge in [-0.1, -0.05) is 0 Å². The molecule has 0 aromatic heterocycles. The van der Waals surface area contributed by atoms with Crippen molar-refractivity contribution in [2.24, 2.45) is 0 Å². The lowest BCUT2D eigenvalue weighted by Gasteiger charge is -1.82. The van der Waals surface area contributed by atoms with Gasteiger partial charge in [-0.15, -0.1) is 0 Å². The van der Waals surface area contributed by atoms with Crippen LogP contribution in [0.3, 0.4) is 0 Å². The Kier molecular flexibility index (Phi) is 0.834. The summed E-state index contributed by atoms with van der Waals surface area (Å²) < 4.78 is 0. The second-order valence-electron chi connectivity index (χ2n) is 0.979. The highest BCUT2D eigenvalue weighted by atomic mass is 15.6. The number of rotatable bonds is 0.